The van der Waals surface area contributed by atoms with Gasteiger partial charge in [-0.25, -0.2) is 4.79 Å². The summed E-state index contributed by atoms with van der Waals surface area (Å²) in [6.45, 7) is 7.19. The summed E-state index contributed by atoms with van der Waals surface area (Å²) >= 11 is 0. The first kappa shape index (κ1) is 15.3. The van der Waals surface area contributed by atoms with Crippen molar-refractivity contribution in [2.45, 2.75) is 57.8 Å². The minimum atomic E-state index is -0.463. The molecule has 4 heteroatoms. The van der Waals surface area contributed by atoms with Crippen molar-refractivity contribution in [2.24, 2.45) is 0 Å². The number of carbonyl (C=O) groups is 1. The predicted octanol–water partition coefficient (Wildman–Crippen LogP) is 3.70. The van der Waals surface area contributed by atoms with E-state index in [1.165, 1.54) is 11.1 Å². The van der Waals surface area contributed by atoms with E-state index in [1.54, 1.807) is 0 Å². The number of ether oxygens (including phenoxy) is 2. The topological polar surface area (TPSA) is 38.8 Å². The molecular formula is C18H25NO3. The summed E-state index contributed by atoms with van der Waals surface area (Å²) in [6.07, 6.45) is 2.68. The van der Waals surface area contributed by atoms with Crippen LogP contribution in [0.15, 0.2) is 24.3 Å². The molecule has 3 rings (SSSR count). The molecule has 22 heavy (non-hydrogen) atoms. The van der Waals surface area contributed by atoms with Gasteiger partial charge in [-0.05, 0) is 51.2 Å². The molecule has 2 aliphatic rings. The number of fused-ring (bicyclic) bond motifs is 1. The smallest absolute Gasteiger partial charge is 0.410 e. The van der Waals surface area contributed by atoms with Crippen LogP contribution in [0.25, 0.3) is 0 Å². The summed E-state index contributed by atoms with van der Waals surface area (Å²) in [6, 6.07) is 8.49. The maximum atomic E-state index is 12.5. The lowest BCUT2D eigenvalue weighted by molar-refractivity contribution is -0.0265. The Hall–Kier alpha value is -1.55. The molecule has 2 atom stereocenters. The average molecular weight is 303 g/mol. The Morgan fingerprint density at radius 1 is 1.32 bits per heavy atom. The summed E-state index contributed by atoms with van der Waals surface area (Å²) in [5.74, 6) is 0. The molecule has 1 saturated heterocycles. The second kappa shape index (κ2) is 5.92. The van der Waals surface area contributed by atoms with Crippen LogP contribution in [0, 0.1) is 0 Å². The number of nitrogens with zero attached hydrogens (tertiary/aromatic N) is 1. The van der Waals surface area contributed by atoms with Crippen LogP contribution in [0.5, 0.6) is 0 Å². The lowest BCUT2D eigenvalue weighted by atomic mass is 9.92. The van der Waals surface area contributed by atoms with Gasteiger partial charge in [-0.3, -0.25) is 0 Å². The fourth-order valence-electron chi connectivity index (χ4n) is 3.40. The number of rotatable bonds is 1. The predicted molar refractivity (Wildman–Crippen MR) is 84.8 cm³/mol. The molecule has 2 aliphatic heterocycles. The molecule has 0 radical (unpaired) electrons. The van der Waals surface area contributed by atoms with E-state index in [0.717, 1.165) is 32.4 Å². The zero-order chi connectivity index (χ0) is 15.7. The van der Waals surface area contributed by atoms with Crippen LogP contribution in [0.2, 0.25) is 0 Å². The van der Waals surface area contributed by atoms with Gasteiger partial charge in [-0.2, -0.15) is 0 Å². The minimum absolute atomic E-state index is 0.0278. The highest BCUT2D eigenvalue weighted by Crippen LogP contribution is 2.37. The fraction of sp³-hybridized carbons (Fsp3) is 0.611. The van der Waals surface area contributed by atoms with Gasteiger partial charge < -0.3 is 14.4 Å². The normalized spacial score (nSPS) is 25.0. The van der Waals surface area contributed by atoms with Crippen molar-refractivity contribution < 1.29 is 14.3 Å². The van der Waals surface area contributed by atoms with Gasteiger partial charge in [0.25, 0.3) is 0 Å². The van der Waals surface area contributed by atoms with Crippen LogP contribution < -0.4 is 0 Å². The maximum absolute atomic E-state index is 12.5. The lowest BCUT2D eigenvalue weighted by Gasteiger charge is -2.36. The van der Waals surface area contributed by atoms with E-state index in [9.17, 15) is 4.79 Å². The SMILES string of the molecule is CC(C)(C)OC(=O)N1CCC[C@H]1C1OCCc2ccccc21. The molecule has 0 aliphatic carbocycles. The average Bonchev–Trinajstić information content (AvgIpc) is 2.94. The maximum Gasteiger partial charge on any atom is 0.410 e. The molecule has 1 aromatic carbocycles. The van der Waals surface area contributed by atoms with Gasteiger partial charge in [0.2, 0.25) is 0 Å². The third-order valence-electron chi connectivity index (χ3n) is 4.31. The van der Waals surface area contributed by atoms with Crippen molar-refractivity contribution in [3.63, 3.8) is 0 Å². The molecule has 120 valence electrons. The van der Waals surface area contributed by atoms with Gasteiger partial charge in [0, 0.05) is 6.54 Å². The van der Waals surface area contributed by atoms with Crippen LogP contribution in [0.1, 0.15) is 50.8 Å². The zero-order valence-corrected chi connectivity index (χ0v) is 13.7. The Labute approximate surface area is 132 Å². The first-order chi connectivity index (χ1) is 10.5. The quantitative estimate of drug-likeness (QED) is 0.794. The molecule has 1 fully saturated rings. The van der Waals surface area contributed by atoms with Crippen LogP contribution in [-0.2, 0) is 15.9 Å². The van der Waals surface area contributed by atoms with Crippen LogP contribution in [0.4, 0.5) is 4.79 Å². The first-order valence-corrected chi connectivity index (χ1v) is 8.15. The molecule has 1 amide bonds. The van der Waals surface area contributed by atoms with Crippen LogP contribution in [0.3, 0.4) is 0 Å². The van der Waals surface area contributed by atoms with Gasteiger partial charge in [0.1, 0.15) is 11.7 Å². The third-order valence-corrected chi connectivity index (χ3v) is 4.31. The number of carbonyl (C=O) groups excluding carboxylic acids is 1. The van der Waals surface area contributed by atoms with E-state index in [1.807, 2.05) is 31.7 Å². The molecule has 0 bridgehead atoms. The molecule has 0 aromatic heterocycles. The number of amides is 1. The fourth-order valence-corrected chi connectivity index (χ4v) is 3.40. The highest BCUT2D eigenvalue weighted by molar-refractivity contribution is 5.69. The monoisotopic (exact) mass is 303 g/mol. The summed E-state index contributed by atoms with van der Waals surface area (Å²) < 4.78 is 11.6. The molecule has 1 unspecified atom stereocenters. The van der Waals surface area contributed by atoms with Gasteiger partial charge in [-0.1, -0.05) is 24.3 Å². The Morgan fingerprint density at radius 2 is 2.09 bits per heavy atom. The molecule has 2 heterocycles. The van der Waals surface area contributed by atoms with Crippen LogP contribution >= 0.6 is 0 Å². The van der Waals surface area contributed by atoms with E-state index in [0.29, 0.717) is 0 Å². The Bertz CT molecular complexity index is 550. The zero-order valence-electron chi connectivity index (χ0n) is 13.7. The van der Waals surface area contributed by atoms with Crippen LogP contribution in [-0.4, -0.2) is 35.8 Å². The Kier molecular flexibility index (Phi) is 4.13. The molecule has 0 spiro atoms. The molecule has 0 N–H and O–H groups in total. The van der Waals surface area contributed by atoms with E-state index in [4.69, 9.17) is 9.47 Å². The van der Waals surface area contributed by atoms with Crippen molar-refractivity contribution >= 4 is 6.09 Å². The van der Waals surface area contributed by atoms with E-state index < -0.39 is 5.60 Å². The number of likely N-dealkylation sites (tertiary alicyclic amines) is 1. The van der Waals surface area contributed by atoms with E-state index >= 15 is 0 Å². The third kappa shape index (κ3) is 3.12. The highest BCUT2D eigenvalue weighted by Gasteiger charge is 2.39. The van der Waals surface area contributed by atoms with Gasteiger partial charge in [0.05, 0.1) is 12.6 Å². The molecule has 4 nitrogen and oxygen atoms in total. The van der Waals surface area contributed by atoms with Crippen molar-refractivity contribution in [2.75, 3.05) is 13.2 Å². The summed E-state index contributed by atoms with van der Waals surface area (Å²) in [7, 11) is 0. The molecule has 0 saturated carbocycles. The first-order valence-electron chi connectivity index (χ1n) is 8.15. The lowest BCUT2D eigenvalue weighted by Crippen LogP contribution is -2.43. The molecular weight excluding hydrogens is 278 g/mol. The second-order valence-electron chi connectivity index (χ2n) is 7.12. The number of hydrogen-bond acceptors (Lipinski definition) is 3. The van der Waals surface area contributed by atoms with Gasteiger partial charge >= 0.3 is 6.09 Å². The largest absolute Gasteiger partial charge is 0.444 e. The van der Waals surface area contributed by atoms with E-state index in [2.05, 4.69) is 18.2 Å². The van der Waals surface area contributed by atoms with Crippen molar-refractivity contribution in [1.82, 2.24) is 4.90 Å². The van der Waals surface area contributed by atoms with Gasteiger partial charge in [0.15, 0.2) is 0 Å². The van der Waals surface area contributed by atoms with E-state index in [-0.39, 0.29) is 18.2 Å². The second-order valence-corrected chi connectivity index (χ2v) is 7.12. The molecule has 1 aromatic rings. The van der Waals surface area contributed by atoms with Crippen molar-refractivity contribution in [3.8, 4) is 0 Å². The Morgan fingerprint density at radius 3 is 2.86 bits per heavy atom. The number of hydrogen-bond donors (Lipinski definition) is 0. The standard InChI is InChI=1S/C18H25NO3/c1-18(2,3)22-17(20)19-11-6-9-15(19)16-14-8-5-4-7-13(14)10-12-21-16/h4-5,7-8,15-16H,6,9-12H2,1-3H3/t15-,16?/m0/s1. The summed E-state index contributed by atoms with van der Waals surface area (Å²) in [5.41, 5.74) is 2.11. The van der Waals surface area contributed by atoms with Crippen molar-refractivity contribution in [3.05, 3.63) is 35.4 Å². The summed E-state index contributed by atoms with van der Waals surface area (Å²) in [4.78, 5) is 14.3. The summed E-state index contributed by atoms with van der Waals surface area (Å²) in [5, 5.41) is 0. The van der Waals surface area contributed by atoms with Crippen molar-refractivity contribution in [1.29, 1.82) is 0 Å². The number of benzene rings is 1. The Balaban J connectivity index is 1.81. The van der Waals surface area contributed by atoms with Gasteiger partial charge in [-0.15, -0.1) is 0 Å². The highest BCUT2D eigenvalue weighted by atomic mass is 16.6. The minimum Gasteiger partial charge on any atom is -0.444 e.